The number of hydrogen-bond acceptors (Lipinski definition) is 2. The SMILES string of the molecule is Cn1cc(C(=O)NCC2CCCCC2)c2c(c1=O)CC=C2. The van der Waals surface area contributed by atoms with E-state index in [0.717, 1.165) is 17.7 Å². The molecule has 1 aromatic rings. The van der Waals surface area contributed by atoms with Crippen LogP contribution < -0.4 is 10.9 Å². The molecule has 1 heterocycles. The van der Waals surface area contributed by atoms with E-state index >= 15 is 0 Å². The van der Waals surface area contributed by atoms with Crippen LogP contribution in [0.4, 0.5) is 0 Å². The fourth-order valence-corrected chi connectivity index (χ4v) is 3.40. The molecular formula is C17H22N2O2. The summed E-state index contributed by atoms with van der Waals surface area (Å²) in [6, 6.07) is 0. The quantitative estimate of drug-likeness (QED) is 0.926. The summed E-state index contributed by atoms with van der Waals surface area (Å²) in [6.45, 7) is 0.750. The molecule has 112 valence electrons. The Kier molecular flexibility index (Phi) is 3.95. The second kappa shape index (κ2) is 5.88. The number of aryl methyl sites for hydroxylation is 1. The highest BCUT2D eigenvalue weighted by atomic mass is 16.2. The van der Waals surface area contributed by atoms with Crippen molar-refractivity contribution in [3.8, 4) is 0 Å². The van der Waals surface area contributed by atoms with E-state index in [0.29, 0.717) is 17.9 Å². The van der Waals surface area contributed by atoms with Crippen LogP contribution >= 0.6 is 0 Å². The van der Waals surface area contributed by atoms with Gasteiger partial charge in [-0.3, -0.25) is 9.59 Å². The average molecular weight is 286 g/mol. The van der Waals surface area contributed by atoms with Gasteiger partial charge in [0.1, 0.15) is 0 Å². The molecule has 21 heavy (non-hydrogen) atoms. The van der Waals surface area contributed by atoms with E-state index in [1.807, 2.05) is 12.2 Å². The van der Waals surface area contributed by atoms with E-state index in [9.17, 15) is 9.59 Å². The van der Waals surface area contributed by atoms with Crippen LogP contribution in [0, 0.1) is 5.92 Å². The lowest BCUT2D eigenvalue weighted by Crippen LogP contribution is -2.32. The summed E-state index contributed by atoms with van der Waals surface area (Å²) in [5.41, 5.74) is 2.16. The van der Waals surface area contributed by atoms with Gasteiger partial charge in [-0.15, -0.1) is 0 Å². The fourth-order valence-electron chi connectivity index (χ4n) is 3.40. The molecular weight excluding hydrogens is 264 g/mol. The molecule has 0 aliphatic heterocycles. The van der Waals surface area contributed by atoms with Crippen LogP contribution in [0.3, 0.4) is 0 Å². The van der Waals surface area contributed by atoms with Gasteiger partial charge >= 0.3 is 0 Å². The van der Waals surface area contributed by atoms with Crippen LogP contribution in [-0.2, 0) is 13.5 Å². The van der Waals surface area contributed by atoms with Crippen molar-refractivity contribution in [2.45, 2.75) is 38.5 Å². The zero-order valence-corrected chi connectivity index (χ0v) is 12.5. The van der Waals surface area contributed by atoms with E-state index in [1.165, 1.54) is 36.7 Å². The molecule has 1 amide bonds. The standard InChI is InChI=1S/C17H22N2O2/c1-19-11-15(13-8-5-9-14(13)17(19)21)16(20)18-10-12-6-3-2-4-7-12/h5,8,11-12H,2-4,6-7,9-10H2,1H3,(H,18,20). The molecule has 1 fully saturated rings. The number of aromatic nitrogens is 1. The van der Waals surface area contributed by atoms with Gasteiger partial charge in [-0.05, 0) is 30.7 Å². The maximum Gasteiger partial charge on any atom is 0.254 e. The van der Waals surface area contributed by atoms with Gasteiger partial charge in [-0.25, -0.2) is 0 Å². The number of allylic oxidation sites excluding steroid dienone is 1. The van der Waals surface area contributed by atoms with Crippen molar-refractivity contribution in [1.29, 1.82) is 0 Å². The summed E-state index contributed by atoms with van der Waals surface area (Å²) < 4.78 is 1.52. The molecule has 0 saturated heterocycles. The van der Waals surface area contributed by atoms with Gasteiger partial charge in [0.2, 0.25) is 0 Å². The number of carbonyl (C=O) groups excluding carboxylic acids is 1. The maximum atomic E-state index is 12.5. The van der Waals surface area contributed by atoms with Crippen molar-refractivity contribution >= 4 is 12.0 Å². The summed E-state index contributed by atoms with van der Waals surface area (Å²) in [7, 11) is 1.71. The molecule has 2 aliphatic rings. The third-order valence-electron chi connectivity index (χ3n) is 4.64. The molecule has 4 heteroatoms. The van der Waals surface area contributed by atoms with Crippen molar-refractivity contribution in [2.75, 3.05) is 6.54 Å². The minimum absolute atomic E-state index is 0.00108. The Balaban J connectivity index is 1.76. The largest absolute Gasteiger partial charge is 0.352 e. The zero-order valence-electron chi connectivity index (χ0n) is 12.5. The molecule has 0 aromatic carbocycles. The highest BCUT2D eigenvalue weighted by Gasteiger charge is 2.21. The van der Waals surface area contributed by atoms with E-state index in [1.54, 1.807) is 13.2 Å². The molecule has 1 N–H and O–H groups in total. The third-order valence-corrected chi connectivity index (χ3v) is 4.64. The second-order valence-corrected chi connectivity index (χ2v) is 6.17. The van der Waals surface area contributed by atoms with Crippen LogP contribution in [0.15, 0.2) is 17.1 Å². The maximum absolute atomic E-state index is 12.5. The molecule has 0 bridgehead atoms. The first-order valence-corrected chi connectivity index (χ1v) is 7.84. The van der Waals surface area contributed by atoms with E-state index in [4.69, 9.17) is 0 Å². The molecule has 1 saturated carbocycles. The summed E-state index contributed by atoms with van der Waals surface area (Å²) in [4.78, 5) is 24.5. The lowest BCUT2D eigenvalue weighted by molar-refractivity contribution is 0.0942. The molecule has 1 aromatic heterocycles. The van der Waals surface area contributed by atoms with Crippen LogP contribution in [0.5, 0.6) is 0 Å². The fraction of sp³-hybridized carbons (Fsp3) is 0.529. The summed E-state index contributed by atoms with van der Waals surface area (Å²) >= 11 is 0. The number of nitrogens with zero attached hydrogens (tertiary/aromatic N) is 1. The molecule has 2 aliphatic carbocycles. The van der Waals surface area contributed by atoms with Crippen LogP contribution in [0.1, 0.15) is 53.6 Å². The minimum Gasteiger partial charge on any atom is -0.352 e. The number of fused-ring (bicyclic) bond motifs is 1. The zero-order chi connectivity index (χ0) is 14.8. The van der Waals surface area contributed by atoms with Crippen molar-refractivity contribution in [1.82, 2.24) is 9.88 Å². The molecule has 3 rings (SSSR count). The van der Waals surface area contributed by atoms with Crippen LogP contribution in [0.25, 0.3) is 6.08 Å². The number of amides is 1. The van der Waals surface area contributed by atoms with Crippen molar-refractivity contribution in [3.63, 3.8) is 0 Å². The predicted octanol–water partition coefficient (Wildman–Crippen LogP) is 2.26. The topological polar surface area (TPSA) is 51.1 Å². The third kappa shape index (κ3) is 2.80. The minimum atomic E-state index is -0.0565. The van der Waals surface area contributed by atoms with Crippen molar-refractivity contribution in [2.24, 2.45) is 13.0 Å². The lowest BCUT2D eigenvalue weighted by Gasteiger charge is -2.22. The van der Waals surface area contributed by atoms with Gasteiger partial charge in [0, 0.05) is 25.4 Å². The van der Waals surface area contributed by atoms with Crippen LogP contribution in [-0.4, -0.2) is 17.0 Å². The molecule has 0 atom stereocenters. The first-order valence-electron chi connectivity index (χ1n) is 7.84. The van der Waals surface area contributed by atoms with E-state index in [2.05, 4.69) is 5.32 Å². The molecule has 0 unspecified atom stereocenters. The van der Waals surface area contributed by atoms with Gasteiger partial charge in [0.05, 0.1) is 5.56 Å². The van der Waals surface area contributed by atoms with Crippen LogP contribution in [0.2, 0.25) is 0 Å². The van der Waals surface area contributed by atoms with Crippen molar-refractivity contribution < 1.29 is 4.79 Å². The number of hydrogen-bond donors (Lipinski definition) is 1. The van der Waals surface area contributed by atoms with Gasteiger partial charge in [0.25, 0.3) is 11.5 Å². The normalized spacial score (nSPS) is 17.8. The first kappa shape index (κ1) is 14.1. The molecule has 0 spiro atoms. The Labute approximate surface area is 124 Å². The first-order chi connectivity index (χ1) is 10.2. The second-order valence-electron chi connectivity index (χ2n) is 6.17. The smallest absolute Gasteiger partial charge is 0.254 e. The number of rotatable bonds is 3. The average Bonchev–Trinajstić information content (AvgIpc) is 2.99. The van der Waals surface area contributed by atoms with Gasteiger partial charge < -0.3 is 9.88 Å². The summed E-state index contributed by atoms with van der Waals surface area (Å²) in [6.07, 6.45) is 12.4. The van der Waals surface area contributed by atoms with Gasteiger partial charge in [0.15, 0.2) is 0 Å². The van der Waals surface area contributed by atoms with Gasteiger partial charge in [-0.1, -0.05) is 31.4 Å². The lowest BCUT2D eigenvalue weighted by atomic mass is 9.89. The number of pyridine rings is 1. The molecule has 4 nitrogen and oxygen atoms in total. The Bertz CT molecular complexity index is 637. The number of carbonyl (C=O) groups is 1. The Hall–Kier alpha value is -1.84. The highest BCUT2D eigenvalue weighted by molar-refractivity contribution is 5.98. The Morgan fingerprint density at radius 2 is 2.10 bits per heavy atom. The highest BCUT2D eigenvalue weighted by Crippen LogP contribution is 2.23. The summed E-state index contributed by atoms with van der Waals surface area (Å²) in [5.74, 6) is 0.554. The van der Waals surface area contributed by atoms with E-state index in [-0.39, 0.29) is 11.5 Å². The monoisotopic (exact) mass is 286 g/mol. The predicted molar refractivity (Wildman–Crippen MR) is 83.3 cm³/mol. The Morgan fingerprint density at radius 1 is 1.33 bits per heavy atom. The number of nitrogens with one attached hydrogen (secondary N) is 1. The van der Waals surface area contributed by atoms with Gasteiger partial charge in [-0.2, -0.15) is 0 Å². The van der Waals surface area contributed by atoms with Crippen molar-refractivity contribution in [3.05, 3.63) is 39.3 Å². The Morgan fingerprint density at radius 3 is 2.86 bits per heavy atom. The van der Waals surface area contributed by atoms with E-state index < -0.39 is 0 Å². The summed E-state index contributed by atoms with van der Waals surface area (Å²) in [5, 5.41) is 3.06. The molecule has 0 radical (unpaired) electrons.